The van der Waals surface area contributed by atoms with Crippen LogP contribution in [0.1, 0.15) is 348 Å². The van der Waals surface area contributed by atoms with Crippen LogP contribution in [0.4, 0.5) is 0 Å². The van der Waals surface area contributed by atoms with E-state index in [4.69, 9.17) is 4.74 Å². The summed E-state index contributed by atoms with van der Waals surface area (Å²) in [6, 6.07) is -0.536. The Kier molecular flexibility index (Phi) is 58.5. The monoisotopic (exact) mass is 986 g/mol. The number of amides is 1. The average Bonchev–Trinajstić information content (AvgIpc) is 3.36. The van der Waals surface area contributed by atoms with Crippen LogP contribution in [0.2, 0.25) is 0 Å². The van der Waals surface area contributed by atoms with Crippen LogP contribution in [-0.4, -0.2) is 47.4 Å². The molecule has 6 nitrogen and oxygen atoms in total. The molecular weight excluding hydrogens is 863 g/mol. The molecule has 0 saturated heterocycles. The first-order chi connectivity index (χ1) is 34.5. The Morgan fingerprint density at radius 1 is 0.400 bits per heavy atom. The quantitative estimate of drug-likeness (QED) is 0.0321. The summed E-state index contributed by atoms with van der Waals surface area (Å²) in [6.07, 6.45) is 73.5. The molecule has 0 aromatic rings. The number of nitrogens with one attached hydrogen (secondary N) is 1. The maximum Gasteiger partial charge on any atom is 0.305 e. The van der Waals surface area contributed by atoms with E-state index in [9.17, 15) is 19.8 Å². The number of rotatable bonds is 59. The molecule has 2 unspecified atom stereocenters. The Morgan fingerprint density at radius 3 is 1.13 bits per heavy atom. The first-order valence-corrected chi connectivity index (χ1v) is 31.6. The highest BCUT2D eigenvalue weighted by Gasteiger charge is 2.20. The summed E-state index contributed by atoms with van der Waals surface area (Å²) in [5.41, 5.74) is 0. The van der Waals surface area contributed by atoms with Crippen LogP contribution in [0.3, 0.4) is 0 Å². The minimum Gasteiger partial charge on any atom is -0.466 e. The van der Waals surface area contributed by atoms with Crippen molar-refractivity contribution in [3.05, 3.63) is 24.3 Å². The number of carbonyl (C=O) groups is 2. The molecule has 414 valence electrons. The van der Waals surface area contributed by atoms with Gasteiger partial charge in [-0.25, -0.2) is 0 Å². The second-order valence-corrected chi connectivity index (χ2v) is 21.7. The molecule has 0 radical (unpaired) electrons. The van der Waals surface area contributed by atoms with Crippen molar-refractivity contribution in [1.82, 2.24) is 5.32 Å². The van der Waals surface area contributed by atoms with Crippen molar-refractivity contribution < 1.29 is 24.5 Å². The summed E-state index contributed by atoms with van der Waals surface area (Å²) >= 11 is 0. The van der Waals surface area contributed by atoms with Gasteiger partial charge in [-0.1, -0.05) is 308 Å². The van der Waals surface area contributed by atoms with Gasteiger partial charge in [0.1, 0.15) is 0 Å². The van der Waals surface area contributed by atoms with Crippen molar-refractivity contribution in [3.8, 4) is 0 Å². The molecular formula is C64H123NO5. The van der Waals surface area contributed by atoms with E-state index >= 15 is 0 Å². The van der Waals surface area contributed by atoms with E-state index in [1.54, 1.807) is 0 Å². The smallest absolute Gasteiger partial charge is 0.305 e. The standard InChI is InChI=1S/C64H123NO5/c1-3-5-7-9-11-13-15-16-35-38-42-46-50-54-58-64(69)70-59-55-51-47-43-39-36-33-31-29-27-25-23-21-19-17-18-20-22-24-26-28-30-32-34-37-41-45-49-53-57-63(68)65-61(60-66)62(67)56-52-48-44-40-14-12-10-8-6-4-2/h9,11,15-16,61-62,66-67H,3-8,10,12-14,17-60H2,1-2H3,(H,65,68)/b11-9-,16-15-. The highest BCUT2D eigenvalue weighted by Crippen LogP contribution is 2.18. The Bertz CT molecular complexity index is 1090. The van der Waals surface area contributed by atoms with Crippen LogP contribution in [0.15, 0.2) is 24.3 Å². The van der Waals surface area contributed by atoms with E-state index < -0.39 is 12.1 Å². The first-order valence-electron chi connectivity index (χ1n) is 31.6. The number of unbranched alkanes of at least 4 members (excludes halogenated alkanes) is 44. The number of carbonyl (C=O) groups excluding carboxylic acids is 2. The molecule has 0 bridgehead atoms. The average molecular weight is 987 g/mol. The van der Waals surface area contributed by atoms with E-state index in [-0.39, 0.29) is 18.5 Å². The van der Waals surface area contributed by atoms with Crippen molar-refractivity contribution >= 4 is 11.9 Å². The zero-order valence-corrected chi connectivity index (χ0v) is 47.3. The van der Waals surface area contributed by atoms with Crippen molar-refractivity contribution in [2.45, 2.75) is 360 Å². The molecule has 0 aliphatic rings. The minimum absolute atomic E-state index is 0.00494. The molecule has 1 amide bonds. The third-order valence-electron chi connectivity index (χ3n) is 14.8. The normalized spacial score (nSPS) is 12.7. The molecule has 0 spiro atoms. The second kappa shape index (κ2) is 59.9. The van der Waals surface area contributed by atoms with Gasteiger partial charge in [0.05, 0.1) is 25.4 Å². The molecule has 6 heteroatoms. The van der Waals surface area contributed by atoms with Gasteiger partial charge in [-0.2, -0.15) is 0 Å². The summed E-state index contributed by atoms with van der Waals surface area (Å²) < 4.78 is 5.48. The van der Waals surface area contributed by atoms with Crippen LogP contribution in [0, 0.1) is 0 Å². The Labute approximate surface area is 437 Å². The van der Waals surface area contributed by atoms with Gasteiger partial charge in [0, 0.05) is 12.8 Å². The molecule has 3 N–H and O–H groups in total. The van der Waals surface area contributed by atoms with Crippen LogP contribution in [-0.2, 0) is 14.3 Å². The van der Waals surface area contributed by atoms with E-state index in [0.717, 1.165) is 51.4 Å². The fourth-order valence-corrected chi connectivity index (χ4v) is 9.89. The summed E-state index contributed by atoms with van der Waals surface area (Å²) in [5, 5.41) is 23.2. The molecule has 0 aromatic heterocycles. The lowest BCUT2D eigenvalue weighted by molar-refractivity contribution is -0.143. The van der Waals surface area contributed by atoms with Gasteiger partial charge in [-0.05, 0) is 51.4 Å². The van der Waals surface area contributed by atoms with Crippen LogP contribution in [0.25, 0.3) is 0 Å². The van der Waals surface area contributed by atoms with Gasteiger partial charge < -0.3 is 20.3 Å². The molecule has 0 saturated carbocycles. The molecule has 70 heavy (non-hydrogen) atoms. The number of hydrogen-bond acceptors (Lipinski definition) is 5. The first kappa shape index (κ1) is 68.3. The third kappa shape index (κ3) is 55.7. The molecule has 0 aliphatic heterocycles. The summed E-state index contributed by atoms with van der Waals surface area (Å²) in [4.78, 5) is 24.5. The van der Waals surface area contributed by atoms with E-state index in [0.29, 0.717) is 25.9 Å². The van der Waals surface area contributed by atoms with Gasteiger partial charge in [0.25, 0.3) is 0 Å². The van der Waals surface area contributed by atoms with Gasteiger partial charge in [0.15, 0.2) is 0 Å². The Hall–Kier alpha value is -1.66. The molecule has 0 aliphatic carbocycles. The predicted molar refractivity (Wildman–Crippen MR) is 306 cm³/mol. The fourth-order valence-electron chi connectivity index (χ4n) is 9.89. The number of aliphatic hydroxyl groups is 2. The maximum absolute atomic E-state index is 12.4. The molecule has 0 heterocycles. The Morgan fingerprint density at radius 2 is 0.729 bits per heavy atom. The van der Waals surface area contributed by atoms with Gasteiger partial charge >= 0.3 is 5.97 Å². The minimum atomic E-state index is -0.659. The molecule has 0 aromatic carbocycles. The molecule has 0 fully saturated rings. The summed E-state index contributed by atoms with van der Waals surface area (Å²) in [7, 11) is 0. The van der Waals surface area contributed by atoms with E-state index in [1.807, 2.05) is 0 Å². The lowest BCUT2D eigenvalue weighted by Gasteiger charge is -2.22. The van der Waals surface area contributed by atoms with Crippen LogP contribution >= 0.6 is 0 Å². The van der Waals surface area contributed by atoms with Crippen molar-refractivity contribution in [3.63, 3.8) is 0 Å². The van der Waals surface area contributed by atoms with Gasteiger partial charge in [0.2, 0.25) is 5.91 Å². The topological polar surface area (TPSA) is 95.9 Å². The third-order valence-corrected chi connectivity index (χ3v) is 14.8. The summed E-state index contributed by atoms with van der Waals surface area (Å²) in [5.74, 6) is -0.0270. The molecule has 0 rings (SSSR count). The van der Waals surface area contributed by atoms with Crippen molar-refractivity contribution in [2.75, 3.05) is 13.2 Å². The lowest BCUT2D eigenvalue weighted by atomic mass is 10.0. The van der Waals surface area contributed by atoms with Gasteiger partial charge in [-0.3, -0.25) is 9.59 Å². The predicted octanol–water partition coefficient (Wildman–Crippen LogP) is 19.8. The summed E-state index contributed by atoms with van der Waals surface area (Å²) in [6.45, 7) is 4.91. The number of allylic oxidation sites excluding steroid dienone is 4. The van der Waals surface area contributed by atoms with Crippen molar-refractivity contribution in [1.29, 1.82) is 0 Å². The maximum atomic E-state index is 12.4. The SMILES string of the molecule is CCCC/C=C\C/C=C\CCCCCCCC(=O)OCCCCCCCCCCCCCCCCCCCCCCCCCCCCCCCC(=O)NC(CO)C(O)CCCCCCCCCCCC. The van der Waals surface area contributed by atoms with Crippen LogP contribution in [0.5, 0.6) is 0 Å². The zero-order valence-electron chi connectivity index (χ0n) is 47.3. The van der Waals surface area contributed by atoms with Crippen molar-refractivity contribution in [2.24, 2.45) is 0 Å². The number of ether oxygens (including phenoxy) is 1. The number of esters is 1. The van der Waals surface area contributed by atoms with Crippen LogP contribution < -0.4 is 5.32 Å². The van der Waals surface area contributed by atoms with Gasteiger partial charge in [-0.15, -0.1) is 0 Å². The lowest BCUT2D eigenvalue weighted by Crippen LogP contribution is -2.45. The van der Waals surface area contributed by atoms with E-state index in [2.05, 4.69) is 43.5 Å². The Balaban J connectivity index is 3.31. The zero-order chi connectivity index (χ0) is 50.7. The number of aliphatic hydroxyl groups excluding tert-OH is 2. The highest BCUT2D eigenvalue weighted by molar-refractivity contribution is 5.76. The highest BCUT2D eigenvalue weighted by atomic mass is 16.5. The molecule has 2 atom stereocenters. The largest absolute Gasteiger partial charge is 0.466 e. The fraction of sp³-hybridized carbons (Fsp3) is 0.906. The van der Waals surface area contributed by atoms with E-state index in [1.165, 1.54) is 263 Å². The second-order valence-electron chi connectivity index (χ2n) is 21.7. The number of hydrogen-bond donors (Lipinski definition) is 3.